The van der Waals surface area contributed by atoms with Gasteiger partial charge in [-0.3, -0.25) is 4.79 Å². The maximum atomic E-state index is 12.8. The van der Waals surface area contributed by atoms with E-state index in [1.807, 2.05) is 13.0 Å². The highest BCUT2D eigenvalue weighted by Crippen LogP contribution is 2.33. The van der Waals surface area contributed by atoms with Crippen molar-refractivity contribution in [3.63, 3.8) is 0 Å². The molecule has 0 saturated carbocycles. The molecule has 0 aliphatic carbocycles. The maximum absolute atomic E-state index is 12.8. The van der Waals surface area contributed by atoms with Crippen molar-refractivity contribution < 1.29 is 23.9 Å². The normalized spacial score (nSPS) is 10.8. The standard InChI is InChI=1S/C26H22N2O5S/c1-4-32-26(31)22-16(2)17(3)34-24(22)28-23(29)20(15-27)14-18-10-12-21(13-11-18)33-25(30)19-8-6-5-7-9-19/h5-14H,4H2,1-3H3,(H,28,29)/b20-14+. The van der Waals surface area contributed by atoms with Crippen molar-refractivity contribution in [3.8, 4) is 11.8 Å². The van der Waals surface area contributed by atoms with Crippen molar-refractivity contribution >= 4 is 40.3 Å². The number of benzene rings is 2. The number of thiophene rings is 1. The van der Waals surface area contributed by atoms with E-state index < -0.39 is 17.8 Å². The van der Waals surface area contributed by atoms with Gasteiger partial charge in [0.25, 0.3) is 5.91 Å². The first kappa shape index (κ1) is 24.4. The van der Waals surface area contributed by atoms with Gasteiger partial charge < -0.3 is 14.8 Å². The largest absolute Gasteiger partial charge is 0.462 e. The highest BCUT2D eigenvalue weighted by Gasteiger charge is 2.23. The molecule has 0 spiro atoms. The fourth-order valence-corrected chi connectivity index (χ4v) is 4.07. The number of rotatable bonds is 7. The molecule has 1 N–H and O–H groups in total. The van der Waals surface area contributed by atoms with Crippen molar-refractivity contribution in [2.24, 2.45) is 0 Å². The Hall–Kier alpha value is -4.22. The Morgan fingerprint density at radius 3 is 2.32 bits per heavy atom. The van der Waals surface area contributed by atoms with Gasteiger partial charge in [0.1, 0.15) is 22.4 Å². The van der Waals surface area contributed by atoms with Crippen LogP contribution in [0.25, 0.3) is 6.08 Å². The van der Waals surface area contributed by atoms with E-state index in [1.165, 1.54) is 17.4 Å². The van der Waals surface area contributed by atoms with Crippen LogP contribution in [0.2, 0.25) is 0 Å². The number of hydrogen-bond donors (Lipinski definition) is 1. The lowest BCUT2D eigenvalue weighted by molar-refractivity contribution is -0.112. The van der Waals surface area contributed by atoms with Crippen LogP contribution in [0.3, 0.4) is 0 Å². The molecule has 0 atom stereocenters. The molecule has 2 aromatic carbocycles. The molecule has 3 rings (SSSR count). The molecule has 0 saturated heterocycles. The van der Waals surface area contributed by atoms with Gasteiger partial charge in [-0.1, -0.05) is 30.3 Å². The summed E-state index contributed by atoms with van der Waals surface area (Å²) >= 11 is 1.25. The molecule has 3 aromatic rings. The van der Waals surface area contributed by atoms with Crippen molar-refractivity contribution in [3.05, 3.63) is 87.3 Å². The summed E-state index contributed by atoms with van der Waals surface area (Å²) in [6.45, 7) is 5.53. The minimum atomic E-state index is -0.645. The van der Waals surface area contributed by atoms with Crippen LogP contribution in [-0.2, 0) is 9.53 Å². The zero-order valence-corrected chi connectivity index (χ0v) is 19.7. The third-order valence-electron chi connectivity index (χ3n) is 4.87. The van der Waals surface area contributed by atoms with E-state index in [9.17, 15) is 19.6 Å². The zero-order chi connectivity index (χ0) is 24.7. The number of aryl methyl sites for hydroxylation is 1. The number of nitrogens with one attached hydrogen (secondary N) is 1. The fraction of sp³-hybridized carbons (Fsp3) is 0.154. The Balaban J connectivity index is 1.75. The lowest BCUT2D eigenvalue weighted by Crippen LogP contribution is -2.16. The van der Waals surface area contributed by atoms with Crippen LogP contribution in [0.5, 0.6) is 5.75 Å². The molecule has 0 radical (unpaired) electrons. The molecule has 0 bridgehead atoms. The quantitative estimate of drug-likeness (QED) is 0.215. The second kappa shape index (κ2) is 11.1. The summed E-state index contributed by atoms with van der Waals surface area (Å²) in [6, 6.07) is 16.9. The van der Waals surface area contributed by atoms with Gasteiger partial charge in [-0.15, -0.1) is 11.3 Å². The number of esters is 2. The average molecular weight is 475 g/mol. The summed E-state index contributed by atoms with van der Waals surface area (Å²) in [5.74, 6) is -1.32. The van der Waals surface area contributed by atoms with Crippen molar-refractivity contribution in [2.45, 2.75) is 20.8 Å². The van der Waals surface area contributed by atoms with Crippen LogP contribution in [-0.4, -0.2) is 24.5 Å². The Labute approximate surface area is 201 Å². The lowest BCUT2D eigenvalue weighted by atomic mass is 10.1. The minimum absolute atomic E-state index is 0.146. The number of nitrogens with zero attached hydrogens (tertiary/aromatic N) is 1. The number of carbonyl (C=O) groups excluding carboxylic acids is 3. The maximum Gasteiger partial charge on any atom is 0.343 e. The van der Waals surface area contributed by atoms with Crippen LogP contribution in [0, 0.1) is 25.2 Å². The van der Waals surface area contributed by atoms with Crippen LogP contribution >= 0.6 is 11.3 Å². The summed E-state index contributed by atoms with van der Waals surface area (Å²) < 4.78 is 10.4. The van der Waals surface area contributed by atoms with Gasteiger partial charge in [-0.2, -0.15) is 5.26 Å². The zero-order valence-electron chi connectivity index (χ0n) is 18.9. The first-order valence-electron chi connectivity index (χ1n) is 10.4. The molecule has 172 valence electrons. The fourth-order valence-electron chi connectivity index (χ4n) is 3.02. The molecule has 1 aromatic heterocycles. The first-order chi connectivity index (χ1) is 16.3. The van der Waals surface area contributed by atoms with Gasteiger partial charge in [-0.25, -0.2) is 9.59 Å². The highest BCUT2D eigenvalue weighted by atomic mass is 32.1. The van der Waals surface area contributed by atoms with Crippen LogP contribution in [0.4, 0.5) is 5.00 Å². The molecule has 7 nitrogen and oxygen atoms in total. The van der Waals surface area contributed by atoms with Gasteiger partial charge in [0.05, 0.1) is 17.7 Å². The third-order valence-corrected chi connectivity index (χ3v) is 5.99. The second-order valence-corrected chi connectivity index (χ2v) is 8.38. The van der Waals surface area contributed by atoms with Crippen molar-refractivity contribution in [1.82, 2.24) is 0 Å². The lowest BCUT2D eigenvalue weighted by Gasteiger charge is -2.07. The minimum Gasteiger partial charge on any atom is -0.462 e. The number of nitriles is 1. The number of ether oxygens (including phenoxy) is 2. The van der Waals surface area contributed by atoms with Gasteiger partial charge >= 0.3 is 11.9 Å². The van der Waals surface area contributed by atoms with E-state index in [0.29, 0.717) is 27.4 Å². The van der Waals surface area contributed by atoms with Gasteiger partial charge in [0.2, 0.25) is 0 Å². The van der Waals surface area contributed by atoms with Gasteiger partial charge in [-0.05, 0) is 62.2 Å². The molecule has 0 fully saturated rings. The Morgan fingerprint density at radius 2 is 1.71 bits per heavy atom. The second-order valence-electron chi connectivity index (χ2n) is 7.16. The number of carbonyl (C=O) groups is 3. The van der Waals surface area contributed by atoms with E-state index in [-0.39, 0.29) is 12.2 Å². The first-order valence-corrected chi connectivity index (χ1v) is 11.2. The van der Waals surface area contributed by atoms with Crippen LogP contribution < -0.4 is 10.1 Å². The molecular formula is C26H22N2O5S. The topological polar surface area (TPSA) is 105 Å². The summed E-state index contributed by atoms with van der Waals surface area (Å²) in [6.07, 6.45) is 1.41. The smallest absolute Gasteiger partial charge is 0.343 e. The van der Waals surface area contributed by atoms with E-state index in [4.69, 9.17) is 9.47 Å². The molecule has 8 heteroatoms. The summed E-state index contributed by atoms with van der Waals surface area (Å²) in [4.78, 5) is 38.1. The number of hydrogen-bond acceptors (Lipinski definition) is 7. The Bertz CT molecular complexity index is 1290. The van der Waals surface area contributed by atoms with E-state index in [1.54, 1.807) is 68.4 Å². The Kier molecular flexibility index (Phi) is 7.96. The monoisotopic (exact) mass is 474 g/mol. The number of anilines is 1. The number of amides is 1. The molecule has 0 aliphatic rings. The van der Waals surface area contributed by atoms with Crippen LogP contribution in [0.1, 0.15) is 43.6 Å². The summed E-state index contributed by atoms with van der Waals surface area (Å²) in [5.41, 5.74) is 1.86. The van der Waals surface area contributed by atoms with Crippen molar-refractivity contribution in [1.29, 1.82) is 5.26 Å². The molecule has 0 aliphatic heterocycles. The van der Waals surface area contributed by atoms with Gasteiger partial charge in [0, 0.05) is 4.88 Å². The van der Waals surface area contributed by atoms with Crippen LogP contribution in [0.15, 0.2) is 60.2 Å². The molecule has 1 amide bonds. The summed E-state index contributed by atoms with van der Waals surface area (Å²) in [7, 11) is 0. The van der Waals surface area contributed by atoms with Gasteiger partial charge in [0.15, 0.2) is 0 Å². The predicted molar refractivity (Wildman–Crippen MR) is 130 cm³/mol. The molecule has 34 heavy (non-hydrogen) atoms. The van der Waals surface area contributed by atoms with E-state index >= 15 is 0 Å². The molecule has 0 unspecified atom stereocenters. The predicted octanol–water partition coefficient (Wildman–Crippen LogP) is 5.31. The Morgan fingerprint density at radius 1 is 1.03 bits per heavy atom. The summed E-state index contributed by atoms with van der Waals surface area (Å²) in [5, 5.41) is 12.5. The van der Waals surface area contributed by atoms with E-state index in [0.717, 1.165) is 10.4 Å². The average Bonchev–Trinajstić information content (AvgIpc) is 3.11. The molecular weight excluding hydrogens is 452 g/mol. The van der Waals surface area contributed by atoms with Crippen molar-refractivity contribution in [2.75, 3.05) is 11.9 Å². The highest BCUT2D eigenvalue weighted by molar-refractivity contribution is 7.16. The van der Waals surface area contributed by atoms with E-state index in [2.05, 4.69) is 5.32 Å². The molecule has 1 heterocycles. The third kappa shape index (κ3) is 5.77. The SMILES string of the molecule is CCOC(=O)c1c(NC(=O)/C(C#N)=C/c2ccc(OC(=O)c3ccccc3)cc2)sc(C)c1C.